The normalized spacial score (nSPS) is 10.1. The molecule has 0 saturated heterocycles. The Labute approximate surface area is 114 Å². The van der Waals surface area contributed by atoms with Crippen molar-refractivity contribution in [2.45, 2.75) is 0 Å². The standard InChI is InChI=1S/C12H13N5O3/c1-13-12(18)8-3-4-10(17(19)20)9(7-8)14-11-5-6-16(2)15-11/h3-7H,1-2H3,(H,13,18)(H,14,15). The number of aryl methyl sites for hydroxylation is 1. The number of carbonyl (C=O) groups excluding carboxylic acids is 1. The summed E-state index contributed by atoms with van der Waals surface area (Å²) in [6.07, 6.45) is 1.71. The van der Waals surface area contributed by atoms with Gasteiger partial charge in [0.2, 0.25) is 0 Å². The molecule has 8 nitrogen and oxygen atoms in total. The highest BCUT2D eigenvalue weighted by molar-refractivity contribution is 5.96. The fourth-order valence-electron chi connectivity index (χ4n) is 1.70. The third-order valence-corrected chi connectivity index (χ3v) is 2.66. The Kier molecular flexibility index (Phi) is 3.65. The Morgan fingerprint density at radius 3 is 2.70 bits per heavy atom. The summed E-state index contributed by atoms with van der Waals surface area (Å²) in [7, 11) is 3.23. The molecular formula is C12H13N5O3. The maximum Gasteiger partial charge on any atom is 0.292 e. The summed E-state index contributed by atoms with van der Waals surface area (Å²) in [5, 5.41) is 20.4. The van der Waals surface area contributed by atoms with Gasteiger partial charge in [-0.25, -0.2) is 0 Å². The van der Waals surface area contributed by atoms with E-state index in [9.17, 15) is 14.9 Å². The molecule has 1 heterocycles. The van der Waals surface area contributed by atoms with Gasteiger partial charge < -0.3 is 10.6 Å². The Morgan fingerprint density at radius 1 is 1.40 bits per heavy atom. The molecule has 0 aliphatic carbocycles. The summed E-state index contributed by atoms with van der Waals surface area (Å²) < 4.78 is 1.57. The average Bonchev–Trinajstić information content (AvgIpc) is 2.82. The summed E-state index contributed by atoms with van der Waals surface area (Å²) in [5.41, 5.74) is 0.426. The number of hydrogen-bond acceptors (Lipinski definition) is 5. The second-order valence-corrected chi connectivity index (χ2v) is 4.07. The van der Waals surface area contributed by atoms with Gasteiger partial charge in [-0.3, -0.25) is 19.6 Å². The molecule has 104 valence electrons. The zero-order valence-corrected chi connectivity index (χ0v) is 11.0. The van der Waals surface area contributed by atoms with E-state index in [1.807, 2.05) is 0 Å². The van der Waals surface area contributed by atoms with Crippen LogP contribution < -0.4 is 10.6 Å². The van der Waals surface area contributed by atoms with Gasteiger partial charge >= 0.3 is 0 Å². The van der Waals surface area contributed by atoms with Crippen LogP contribution in [0.1, 0.15) is 10.4 Å². The van der Waals surface area contributed by atoms with Crippen molar-refractivity contribution >= 4 is 23.1 Å². The fraction of sp³-hybridized carbons (Fsp3) is 0.167. The lowest BCUT2D eigenvalue weighted by molar-refractivity contribution is -0.383. The zero-order valence-electron chi connectivity index (χ0n) is 11.0. The molecule has 2 N–H and O–H groups in total. The van der Waals surface area contributed by atoms with E-state index in [1.54, 1.807) is 24.0 Å². The lowest BCUT2D eigenvalue weighted by atomic mass is 10.1. The van der Waals surface area contributed by atoms with Crippen molar-refractivity contribution < 1.29 is 9.72 Å². The number of nitro benzene ring substituents is 1. The molecule has 0 fully saturated rings. The molecular weight excluding hydrogens is 262 g/mol. The maximum absolute atomic E-state index is 11.6. The molecule has 2 rings (SSSR count). The van der Waals surface area contributed by atoms with Crippen LogP contribution in [0.4, 0.5) is 17.2 Å². The van der Waals surface area contributed by atoms with Gasteiger partial charge in [-0.05, 0) is 12.1 Å². The van der Waals surface area contributed by atoms with Crippen LogP contribution in [0, 0.1) is 10.1 Å². The lowest BCUT2D eigenvalue weighted by Crippen LogP contribution is -2.18. The van der Waals surface area contributed by atoms with E-state index in [0.29, 0.717) is 11.4 Å². The minimum atomic E-state index is -0.515. The van der Waals surface area contributed by atoms with Gasteiger partial charge in [0.1, 0.15) is 5.69 Å². The van der Waals surface area contributed by atoms with Crippen LogP contribution in [0.25, 0.3) is 0 Å². The van der Waals surface area contributed by atoms with Gasteiger partial charge in [0, 0.05) is 38.0 Å². The first-order valence-corrected chi connectivity index (χ1v) is 5.78. The topological polar surface area (TPSA) is 102 Å². The predicted octanol–water partition coefficient (Wildman–Crippen LogP) is 1.43. The van der Waals surface area contributed by atoms with E-state index >= 15 is 0 Å². The van der Waals surface area contributed by atoms with Gasteiger partial charge in [-0.15, -0.1) is 0 Å². The molecule has 0 aliphatic heterocycles. The van der Waals surface area contributed by atoms with Crippen molar-refractivity contribution in [3.05, 3.63) is 46.1 Å². The van der Waals surface area contributed by atoms with Gasteiger partial charge in [0.25, 0.3) is 11.6 Å². The predicted molar refractivity (Wildman–Crippen MR) is 73.0 cm³/mol. The first kappa shape index (κ1) is 13.5. The number of carbonyl (C=O) groups is 1. The number of hydrogen-bond donors (Lipinski definition) is 2. The van der Waals surface area contributed by atoms with Crippen LogP contribution in [0.2, 0.25) is 0 Å². The van der Waals surface area contributed by atoms with Crippen LogP contribution in [-0.4, -0.2) is 27.7 Å². The van der Waals surface area contributed by atoms with Crippen molar-refractivity contribution in [2.75, 3.05) is 12.4 Å². The minimum absolute atomic E-state index is 0.122. The SMILES string of the molecule is CNC(=O)c1ccc([N+](=O)[O-])c(Nc2ccn(C)n2)c1. The van der Waals surface area contributed by atoms with Gasteiger partial charge in [0.05, 0.1) is 4.92 Å². The number of nitrogens with zero attached hydrogens (tertiary/aromatic N) is 3. The highest BCUT2D eigenvalue weighted by Gasteiger charge is 2.17. The van der Waals surface area contributed by atoms with Crippen LogP contribution in [-0.2, 0) is 7.05 Å². The summed E-state index contributed by atoms with van der Waals surface area (Å²) in [5.74, 6) is 0.147. The molecule has 0 bridgehead atoms. The number of aromatic nitrogens is 2. The molecule has 0 saturated carbocycles. The Morgan fingerprint density at radius 2 is 2.15 bits per heavy atom. The Bertz CT molecular complexity index is 665. The van der Waals surface area contributed by atoms with Gasteiger partial charge in [-0.1, -0.05) is 0 Å². The number of benzene rings is 1. The number of nitro groups is 1. The van der Waals surface area contributed by atoms with Crippen molar-refractivity contribution in [1.29, 1.82) is 0 Å². The minimum Gasteiger partial charge on any atom is -0.355 e. The lowest BCUT2D eigenvalue weighted by Gasteiger charge is -2.06. The third-order valence-electron chi connectivity index (χ3n) is 2.66. The molecule has 0 radical (unpaired) electrons. The molecule has 1 aromatic heterocycles. The number of rotatable bonds is 4. The molecule has 2 aromatic rings. The highest BCUT2D eigenvalue weighted by Crippen LogP contribution is 2.28. The molecule has 1 aromatic carbocycles. The summed E-state index contributed by atoms with van der Waals surface area (Å²) >= 11 is 0. The van der Waals surface area contributed by atoms with E-state index < -0.39 is 4.92 Å². The number of anilines is 2. The molecule has 8 heteroatoms. The largest absolute Gasteiger partial charge is 0.355 e. The monoisotopic (exact) mass is 275 g/mol. The van der Waals surface area contributed by atoms with E-state index in [-0.39, 0.29) is 17.3 Å². The first-order chi connectivity index (χ1) is 9.51. The van der Waals surface area contributed by atoms with Gasteiger partial charge in [-0.2, -0.15) is 5.10 Å². The average molecular weight is 275 g/mol. The van der Waals surface area contributed by atoms with Crippen LogP contribution in [0.15, 0.2) is 30.5 Å². The molecule has 0 atom stereocenters. The molecule has 20 heavy (non-hydrogen) atoms. The summed E-state index contributed by atoms with van der Waals surface area (Å²) in [4.78, 5) is 22.1. The van der Waals surface area contributed by atoms with Crippen LogP contribution in [0.5, 0.6) is 0 Å². The molecule has 0 unspecified atom stereocenters. The highest BCUT2D eigenvalue weighted by atomic mass is 16.6. The van der Waals surface area contributed by atoms with Crippen LogP contribution in [0.3, 0.4) is 0 Å². The quantitative estimate of drug-likeness (QED) is 0.649. The summed E-state index contributed by atoms with van der Waals surface area (Å²) in [6, 6.07) is 5.79. The second-order valence-electron chi connectivity index (χ2n) is 4.07. The smallest absolute Gasteiger partial charge is 0.292 e. The van der Waals surface area contributed by atoms with E-state index in [0.717, 1.165) is 0 Å². The zero-order chi connectivity index (χ0) is 14.7. The molecule has 0 aliphatic rings. The van der Waals surface area contributed by atoms with Crippen molar-refractivity contribution in [2.24, 2.45) is 7.05 Å². The molecule has 0 spiro atoms. The van der Waals surface area contributed by atoms with E-state index in [2.05, 4.69) is 15.7 Å². The van der Waals surface area contributed by atoms with Crippen molar-refractivity contribution in [1.82, 2.24) is 15.1 Å². The van der Waals surface area contributed by atoms with E-state index in [4.69, 9.17) is 0 Å². The van der Waals surface area contributed by atoms with E-state index in [1.165, 1.54) is 25.2 Å². The third kappa shape index (κ3) is 2.74. The number of nitrogens with one attached hydrogen (secondary N) is 2. The van der Waals surface area contributed by atoms with Gasteiger partial charge in [0.15, 0.2) is 5.82 Å². The molecule has 1 amide bonds. The van der Waals surface area contributed by atoms with Crippen LogP contribution >= 0.6 is 0 Å². The summed E-state index contributed by atoms with van der Waals surface area (Å²) in [6.45, 7) is 0. The first-order valence-electron chi connectivity index (χ1n) is 5.78. The Balaban J connectivity index is 2.41. The second kappa shape index (κ2) is 5.39. The maximum atomic E-state index is 11.6. The fourth-order valence-corrected chi connectivity index (χ4v) is 1.70. The number of amides is 1. The Hall–Kier alpha value is -2.90. The van der Waals surface area contributed by atoms with Crippen molar-refractivity contribution in [3.63, 3.8) is 0 Å². The van der Waals surface area contributed by atoms with Crippen molar-refractivity contribution in [3.8, 4) is 0 Å².